The van der Waals surface area contributed by atoms with E-state index in [0.717, 1.165) is 4.90 Å². The van der Waals surface area contributed by atoms with Crippen molar-refractivity contribution in [1.82, 2.24) is 4.31 Å². The fourth-order valence-corrected chi connectivity index (χ4v) is 3.57. The van der Waals surface area contributed by atoms with Crippen LogP contribution < -0.4 is 0 Å². The van der Waals surface area contributed by atoms with Gasteiger partial charge in [0.1, 0.15) is 12.5 Å². The quantitative estimate of drug-likeness (QED) is 0.780. The molecule has 4 heteroatoms. The number of Topliss-reactive ketones (excluding diaryl/α,β-unsaturated/α-hetero) is 1. The average molecular weight is 265 g/mol. The van der Waals surface area contributed by atoms with Gasteiger partial charge in [-0.2, -0.15) is 0 Å². The molecule has 2 aliphatic rings. The maximum absolute atomic E-state index is 12.4. The van der Waals surface area contributed by atoms with Gasteiger partial charge in [0.15, 0.2) is 0 Å². The third-order valence-electron chi connectivity index (χ3n) is 3.61. The molecule has 1 aromatic carbocycles. The van der Waals surface area contributed by atoms with Crippen molar-refractivity contribution < 1.29 is 9.18 Å². The number of carbonyl (C=O) groups excluding carboxylic acids is 1. The summed E-state index contributed by atoms with van der Waals surface area (Å²) in [5, 5.41) is 0. The van der Waals surface area contributed by atoms with Crippen molar-refractivity contribution in [2.24, 2.45) is 5.92 Å². The van der Waals surface area contributed by atoms with E-state index in [1.165, 1.54) is 12.8 Å². The summed E-state index contributed by atoms with van der Waals surface area (Å²) in [5.41, 5.74) is 0.704. The third-order valence-corrected chi connectivity index (χ3v) is 4.72. The summed E-state index contributed by atoms with van der Waals surface area (Å²) in [4.78, 5) is 12.7. The summed E-state index contributed by atoms with van der Waals surface area (Å²) in [6.07, 6.45) is 3.23. The van der Waals surface area contributed by atoms with E-state index >= 15 is 0 Å². The second-order valence-corrected chi connectivity index (χ2v) is 6.21. The molecule has 0 amide bonds. The van der Waals surface area contributed by atoms with Gasteiger partial charge < -0.3 is 0 Å². The maximum Gasteiger partial charge on any atom is 0.149 e. The first kappa shape index (κ1) is 12.2. The van der Waals surface area contributed by atoms with Gasteiger partial charge in [-0.05, 0) is 48.4 Å². The molecule has 2 nitrogen and oxygen atoms in total. The predicted octanol–water partition coefficient (Wildman–Crippen LogP) is 3.22. The van der Waals surface area contributed by atoms with Crippen molar-refractivity contribution in [1.29, 1.82) is 0 Å². The van der Waals surface area contributed by atoms with Gasteiger partial charge in [0.2, 0.25) is 0 Å². The first-order valence-corrected chi connectivity index (χ1v) is 7.15. The SMILES string of the molecule is O=C1C[C@@H](C2CC2)N(Sc2ccc(CF)cc2)C1. The van der Waals surface area contributed by atoms with Crippen LogP contribution in [0.3, 0.4) is 0 Å². The van der Waals surface area contributed by atoms with E-state index in [1.807, 2.05) is 24.3 Å². The Morgan fingerprint density at radius 3 is 2.61 bits per heavy atom. The van der Waals surface area contributed by atoms with E-state index in [0.29, 0.717) is 36.3 Å². The van der Waals surface area contributed by atoms with Gasteiger partial charge in [0.25, 0.3) is 0 Å². The van der Waals surface area contributed by atoms with Crippen LogP contribution in [0.5, 0.6) is 0 Å². The van der Waals surface area contributed by atoms with E-state index in [4.69, 9.17) is 0 Å². The number of carbonyl (C=O) groups is 1. The van der Waals surface area contributed by atoms with Crippen LogP contribution >= 0.6 is 11.9 Å². The van der Waals surface area contributed by atoms with Gasteiger partial charge in [0.05, 0.1) is 6.54 Å². The van der Waals surface area contributed by atoms with Crippen LogP contribution in [0.15, 0.2) is 29.2 Å². The minimum Gasteiger partial charge on any atom is -0.298 e. The zero-order chi connectivity index (χ0) is 12.5. The number of benzene rings is 1. The minimum atomic E-state index is -0.419. The molecule has 1 aliphatic heterocycles. The highest BCUT2D eigenvalue weighted by Crippen LogP contribution is 2.43. The van der Waals surface area contributed by atoms with E-state index in [9.17, 15) is 9.18 Å². The molecule has 1 saturated carbocycles. The number of nitrogens with zero attached hydrogens (tertiary/aromatic N) is 1. The van der Waals surface area contributed by atoms with E-state index in [2.05, 4.69) is 4.31 Å². The molecular formula is C14H16FNOS. The summed E-state index contributed by atoms with van der Waals surface area (Å²) >= 11 is 1.64. The van der Waals surface area contributed by atoms with Gasteiger partial charge in [-0.1, -0.05) is 12.1 Å². The highest BCUT2D eigenvalue weighted by Gasteiger charge is 2.41. The second-order valence-electron chi connectivity index (χ2n) is 5.09. The molecule has 3 rings (SSSR count). The fourth-order valence-electron chi connectivity index (χ4n) is 2.45. The van der Waals surface area contributed by atoms with Gasteiger partial charge in [-0.3, -0.25) is 4.79 Å². The highest BCUT2D eigenvalue weighted by molar-refractivity contribution is 7.97. The Labute approximate surface area is 111 Å². The molecule has 1 aromatic rings. The second kappa shape index (κ2) is 5.02. The number of rotatable bonds is 4. The number of ketones is 1. The van der Waals surface area contributed by atoms with E-state index in [1.54, 1.807) is 11.9 Å². The molecule has 0 radical (unpaired) electrons. The molecule has 0 bridgehead atoms. The number of halogens is 1. The smallest absolute Gasteiger partial charge is 0.149 e. The Balaban J connectivity index is 1.68. The molecule has 18 heavy (non-hydrogen) atoms. The Bertz CT molecular complexity index is 444. The molecule has 0 spiro atoms. The standard InChI is InChI=1S/C14H16FNOS/c15-8-10-1-5-13(6-2-10)18-16-9-12(17)7-14(16)11-3-4-11/h1-2,5-6,11,14H,3-4,7-9H2/t14-/m0/s1. The van der Waals surface area contributed by atoms with E-state index in [-0.39, 0.29) is 0 Å². The van der Waals surface area contributed by atoms with Crippen LogP contribution in [-0.4, -0.2) is 22.7 Å². The summed E-state index contributed by atoms with van der Waals surface area (Å²) < 4.78 is 14.6. The molecule has 0 N–H and O–H groups in total. The van der Waals surface area contributed by atoms with Crippen molar-refractivity contribution in [3.63, 3.8) is 0 Å². The van der Waals surface area contributed by atoms with Gasteiger partial charge in [-0.15, -0.1) is 0 Å². The van der Waals surface area contributed by atoms with Crippen LogP contribution in [0.4, 0.5) is 4.39 Å². The van der Waals surface area contributed by atoms with Crippen molar-refractivity contribution in [3.8, 4) is 0 Å². The molecular weight excluding hydrogens is 249 g/mol. The zero-order valence-corrected chi connectivity index (χ0v) is 11.0. The minimum absolute atomic E-state index is 0.347. The lowest BCUT2D eigenvalue weighted by Crippen LogP contribution is -2.24. The molecule has 1 heterocycles. The average Bonchev–Trinajstić information content (AvgIpc) is 3.15. The Morgan fingerprint density at radius 2 is 2.00 bits per heavy atom. The van der Waals surface area contributed by atoms with Crippen LogP contribution in [0, 0.1) is 5.92 Å². The summed E-state index contributed by atoms with van der Waals surface area (Å²) in [6.45, 7) is 0.133. The van der Waals surface area contributed by atoms with Crippen molar-refractivity contribution >= 4 is 17.7 Å². The largest absolute Gasteiger partial charge is 0.298 e. The number of hydrogen-bond acceptors (Lipinski definition) is 3. The predicted molar refractivity (Wildman–Crippen MR) is 70.0 cm³/mol. The van der Waals surface area contributed by atoms with Crippen molar-refractivity contribution in [2.45, 2.75) is 36.9 Å². The van der Waals surface area contributed by atoms with Crippen LogP contribution in [-0.2, 0) is 11.5 Å². The molecule has 1 aliphatic carbocycles. The maximum atomic E-state index is 12.4. The normalized spacial score (nSPS) is 24.7. The first-order valence-electron chi connectivity index (χ1n) is 6.37. The number of alkyl halides is 1. The van der Waals surface area contributed by atoms with Gasteiger partial charge >= 0.3 is 0 Å². The molecule has 0 aromatic heterocycles. The highest BCUT2D eigenvalue weighted by atomic mass is 32.2. The van der Waals surface area contributed by atoms with Gasteiger partial charge in [-0.25, -0.2) is 8.70 Å². The molecule has 96 valence electrons. The summed E-state index contributed by atoms with van der Waals surface area (Å²) in [6, 6.07) is 7.92. The van der Waals surface area contributed by atoms with Gasteiger partial charge in [0, 0.05) is 17.4 Å². The molecule has 1 saturated heterocycles. The lowest BCUT2D eigenvalue weighted by molar-refractivity contribution is -0.116. The van der Waals surface area contributed by atoms with Crippen LogP contribution in [0.2, 0.25) is 0 Å². The topological polar surface area (TPSA) is 20.3 Å². The third kappa shape index (κ3) is 2.59. The summed E-state index contributed by atoms with van der Waals surface area (Å²) in [7, 11) is 0. The lowest BCUT2D eigenvalue weighted by atomic mass is 10.1. The Kier molecular flexibility index (Phi) is 3.39. The van der Waals surface area contributed by atoms with Crippen molar-refractivity contribution in [2.75, 3.05) is 6.54 Å². The van der Waals surface area contributed by atoms with E-state index < -0.39 is 6.67 Å². The molecule has 0 unspecified atom stereocenters. The summed E-state index contributed by atoms with van der Waals surface area (Å²) in [5.74, 6) is 1.06. The van der Waals surface area contributed by atoms with Crippen molar-refractivity contribution in [3.05, 3.63) is 29.8 Å². The van der Waals surface area contributed by atoms with Crippen LogP contribution in [0.25, 0.3) is 0 Å². The lowest BCUT2D eigenvalue weighted by Gasteiger charge is -2.21. The Morgan fingerprint density at radius 1 is 1.28 bits per heavy atom. The van der Waals surface area contributed by atoms with Crippen LogP contribution in [0.1, 0.15) is 24.8 Å². The monoisotopic (exact) mass is 265 g/mol. The Hall–Kier alpha value is -0.870. The number of hydrogen-bond donors (Lipinski definition) is 0. The zero-order valence-electron chi connectivity index (χ0n) is 10.1. The molecule has 1 atom stereocenters. The fraction of sp³-hybridized carbons (Fsp3) is 0.500. The first-order chi connectivity index (χ1) is 8.76. The molecule has 2 fully saturated rings.